The summed E-state index contributed by atoms with van der Waals surface area (Å²) in [4.78, 5) is 22.7. The summed E-state index contributed by atoms with van der Waals surface area (Å²) in [7, 11) is 1.03. The molecule has 0 aromatic heterocycles. The van der Waals surface area contributed by atoms with Crippen molar-refractivity contribution < 1.29 is 31.9 Å². The Morgan fingerprint density at radius 2 is 1.79 bits per heavy atom. The molecule has 0 fully saturated rings. The van der Waals surface area contributed by atoms with Gasteiger partial charge in [0.1, 0.15) is 5.82 Å². The second-order valence-electron chi connectivity index (χ2n) is 4.72. The lowest BCUT2D eigenvalue weighted by molar-refractivity contribution is -0.137. The van der Waals surface area contributed by atoms with Gasteiger partial charge in [0, 0.05) is 11.3 Å². The number of rotatable bonds is 4. The third-order valence-electron chi connectivity index (χ3n) is 3.16. The highest BCUT2D eigenvalue weighted by Crippen LogP contribution is 2.33. The first kappa shape index (κ1) is 17.5. The number of benzene rings is 2. The molecule has 0 atom stereocenters. The van der Waals surface area contributed by atoms with Gasteiger partial charge in [0.25, 0.3) is 0 Å². The van der Waals surface area contributed by atoms with Crippen molar-refractivity contribution >= 4 is 23.6 Å². The molecule has 0 amide bonds. The molecule has 0 bridgehead atoms. The Morgan fingerprint density at radius 3 is 2.38 bits per heavy atom. The molecule has 2 aromatic carbocycles. The highest BCUT2D eigenvalue weighted by atomic mass is 19.4. The van der Waals surface area contributed by atoms with Crippen molar-refractivity contribution in [2.45, 2.75) is 6.18 Å². The Balaban J connectivity index is 2.50. The third-order valence-corrected chi connectivity index (χ3v) is 3.16. The van der Waals surface area contributed by atoms with Gasteiger partial charge in [-0.1, -0.05) is 0 Å². The fourth-order valence-corrected chi connectivity index (χ4v) is 2.00. The molecule has 0 saturated heterocycles. The van der Waals surface area contributed by atoms with Crippen LogP contribution in [-0.4, -0.2) is 19.4 Å². The normalized spacial score (nSPS) is 11.0. The summed E-state index contributed by atoms with van der Waals surface area (Å²) in [6, 6.07) is 5.70. The van der Waals surface area contributed by atoms with Crippen molar-refractivity contribution in [3.8, 4) is 0 Å². The molecule has 0 aliphatic heterocycles. The zero-order valence-corrected chi connectivity index (χ0v) is 12.3. The van der Waals surface area contributed by atoms with E-state index in [0.29, 0.717) is 12.4 Å². The quantitative estimate of drug-likeness (QED) is 0.515. The van der Waals surface area contributed by atoms with Crippen LogP contribution in [0.4, 0.5) is 28.9 Å². The van der Waals surface area contributed by atoms with Crippen LogP contribution >= 0.6 is 0 Å². The number of carbonyl (C=O) groups excluding carboxylic acids is 2. The molecule has 2 rings (SSSR count). The number of hydrogen-bond donors (Lipinski definition) is 1. The molecule has 0 unspecified atom stereocenters. The maximum Gasteiger partial charge on any atom is 0.416 e. The van der Waals surface area contributed by atoms with Gasteiger partial charge in [-0.3, -0.25) is 4.79 Å². The molecule has 0 radical (unpaired) electrons. The highest BCUT2D eigenvalue weighted by molar-refractivity contribution is 5.97. The van der Waals surface area contributed by atoms with E-state index >= 15 is 0 Å². The fraction of sp³-hybridized carbons (Fsp3) is 0.125. The molecule has 4 nitrogen and oxygen atoms in total. The number of aldehydes is 1. The van der Waals surface area contributed by atoms with Crippen LogP contribution in [0.15, 0.2) is 36.4 Å². The topological polar surface area (TPSA) is 55.4 Å². The molecule has 0 saturated carbocycles. The highest BCUT2D eigenvalue weighted by Gasteiger charge is 2.32. The van der Waals surface area contributed by atoms with Gasteiger partial charge in [-0.2, -0.15) is 13.2 Å². The first-order valence-electron chi connectivity index (χ1n) is 6.57. The van der Waals surface area contributed by atoms with E-state index in [1.165, 1.54) is 6.07 Å². The monoisotopic (exact) mass is 341 g/mol. The van der Waals surface area contributed by atoms with Crippen LogP contribution < -0.4 is 5.32 Å². The lowest BCUT2D eigenvalue weighted by atomic mass is 10.1. The van der Waals surface area contributed by atoms with E-state index in [-0.39, 0.29) is 22.5 Å². The van der Waals surface area contributed by atoms with Crippen molar-refractivity contribution in [1.82, 2.24) is 0 Å². The van der Waals surface area contributed by atoms with Gasteiger partial charge < -0.3 is 10.1 Å². The van der Waals surface area contributed by atoms with Crippen molar-refractivity contribution in [2.24, 2.45) is 0 Å². The number of carbonyl (C=O) groups is 2. The Hall–Kier alpha value is -2.90. The second kappa shape index (κ2) is 6.69. The van der Waals surface area contributed by atoms with Crippen LogP contribution in [0.3, 0.4) is 0 Å². The van der Waals surface area contributed by atoms with E-state index in [1.54, 1.807) is 0 Å². The average Bonchev–Trinajstić information content (AvgIpc) is 2.55. The van der Waals surface area contributed by atoms with Crippen molar-refractivity contribution in [3.05, 3.63) is 58.9 Å². The molecular weight excluding hydrogens is 330 g/mol. The summed E-state index contributed by atoms with van der Waals surface area (Å²) in [6.45, 7) is 0. The van der Waals surface area contributed by atoms with E-state index in [0.717, 1.165) is 31.4 Å². The van der Waals surface area contributed by atoms with Gasteiger partial charge in [-0.25, -0.2) is 9.18 Å². The largest absolute Gasteiger partial charge is 0.465 e. The minimum atomic E-state index is -4.63. The van der Waals surface area contributed by atoms with E-state index in [2.05, 4.69) is 10.1 Å². The molecule has 126 valence electrons. The van der Waals surface area contributed by atoms with Gasteiger partial charge in [0.05, 0.1) is 23.9 Å². The smallest absolute Gasteiger partial charge is 0.416 e. The Morgan fingerprint density at radius 1 is 1.12 bits per heavy atom. The summed E-state index contributed by atoms with van der Waals surface area (Å²) in [6.07, 6.45) is -4.25. The molecule has 0 aliphatic rings. The average molecular weight is 341 g/mol. The summed E-state index contributed by atoms with van der Waals surface area (Å²) in [5, 5.41) is 2.65. The van der Waals surface area contributed by atoms with Crippen molar-refractivity contribution in [1.29, 1.82) is 0 Å². The Kier molecular flexibility index (Phi) is 4.87. The Labute approximate surface area is 134 Å². The summed E-state index contributed by atoms with van der Waals surface area (Å²) in [5.41, 5.74) is -1.32. The van der Waals surface area contributed by atoms with Gasteiger partial charge in [0.2, 0.25) is 0 Å². The van der Waals surface area contributed by atoms with Gasteiger partial charge >= 0.3 is 12.1 Å². The fourth-order valence-electron chi connectivity index (χ4n) is 2.00. The first-order chi connectivity index (χ1) is 11.3. The third kappa shape index (κ3) is 3.70. The molecular formula is C16H11F4NO3. The molecule has 1 N–H and O–H groups in total. The number of methoxy groups -OCH3 is 1. The van der Waals surface area contributed by atoms with Crippen molar-refractivity contribution in [2.75, 3.05) is 12.4 Å². The molecule has 0 spiro atoms. The summed E-state index contributed by atoms with van der Waals surface area (Å²) >= 11 is 0. The minimum absolute atomic E-state index is 0.00967. The molecule has 8 heteroatoms. The zero-order chi connectivity index (χ0) is 17.9. The Bertz CT molecular complexity index is 787. The predicted octanol–water partition coefficient (Wildman–Crippen LogP) is 4.19. The maximum atomic E-state index is 13.1. The molecule has 2 aromatic rings. The van der Waals surface area contributed by atoms with E-state index < -0.39 is 23.5 Å². The number of anilines is 2. The van der Waals surface area contributed by atoms with Crippen LogP contribution in [-0.2, 0) is 10.9 Å². The molecule has 24 heavy (non-hydrogen) atoms. The number of alkyl halides is 3. The number of hydrogen-bond acceptors (Lipinski definition) is 4. The summed E-state index contributed by atoms with van der Waals surface area (Å²) in [5.74, 6) is -1.64. The van der Waals surface area contributed by atoms with Crippen LogP contribution in [0, 0.1) is 5.82 Å². The SMILES string of the molecule is COC(=O)c1cc(C(F)(F)F)ccc1Nc1ccc(F)cc1C=O. The van der Waals surface area contributed by atoms with E-state index in [4.69, 9.17) is 0 Å². The maximum absolute atomic E-state index is 13.1. The number of ether oxygens (including phenoxy) is 1. The zero-order valence-electron chi connectivity index (χ0n) is 12.3. The predicted molar refractivity (Wildman–Crippen MR) is 77.9 cm³/mol. The van der Waals surface area contributed by atoms with Gasteiger partial charge in [0.15, 0.2) is 6.29 Å². The van der Waals surface area contributed by atoms with E-state index in [1.807, 2.05) is 0 Å². The second-order valence-corrected chi connectivity index (χ2v) is 4.72. The molecule has 0 heterocycles. The van der Waals surface area contributed by atoms with Crippen LogP contribution in [0.2, 0.25) is 0 Å². The van der Waals surface area contributed by atoms with Crippen molar-refractivity contribution in [3.63, 3.8) is 0 Å². The lowest BCUT2D eigenvalue weighted by Gasteiger charge is -2.15. The lowest BCUT2D eigenvalue weighted by Crippen LogP contribution is -2.11. The first-order valence-corrected chi connectivity index (χ1v) is 6.57. The van der Waals surface area contributed by atoms with Crippen LogP contribution in [0.5, 0.6) is 0 Å². The summed E-state index contributed by atoms with van der Waals surface area (Å²) < 4.78 is 56.0. The minimum Gasteiger partial charge on any atom is -0.465 e. The number of halogens is 4. The standard InChI is InChI=1S/C16H11F4NO3/c1-24-15(23)12-7-10(16(18,19)20)2-4-14(12)21-13-5-3-11(17)6-9(13)8-22/h2-8,21H,1H3. The number of esters is 1. The van der Waals surface area contributed by atoms with E-state index in [9.17, 15) is 27.2 Å². The molecule has 0 aliphatic carbocycles. The van der Waals surface area contributed by atoms with Gasteiger partial charge in [-0.15, -0.1) is 0 Å². The number of nitrogens with one attached hydrogen (secondary N) is 1. The van der Waals surface area contributed by atoms with Crippen LogP contribution in [0.25, 0.3) is 0 Å². The van der Waals surface area contributed by atoms with Crippen LogP contribution in [0.1, 0.15) is 26.3 Å². The van der Waals surface area contributed by atoms with Gasteiger partial charge in [-0.05, 0) is 36.4 Å².